The van der Waals surface area contributed by atoms with Crippen LogP contribution in [-0.4, -0.2) is 21.0 Å². The first kappa shape index (κ1) is 33.3. The SMILES string of the molecule is Cc1cc(C2=N[C@]3(C)c4ccccc4C(C)(C)[C@]3(C)O2)cc(N2c3ccccc3Sc3cc4c5ccccc5n(-c5cc(C(C)(C)C)ccn5)c4cc32)c1. The van der Waals surface area contributed by atoms with E-state index in [1.165, 1.54) is 37.3 Å². The number of hydrogen-bond acceptors (Lipinski definition) is 5. The van der Waals surface area contributed by atoms with Gasteiger partial charge in [-0.15, -0.1) is 0 Å². The van der Waals surface area contributed by atoms with E-state index in [0.29, 0.717) is 5.90 Å². The van der Waals surface area contributed by atoms with Gasteiger partial charge in [0, 0.05) is 43.4 Å². The van der Waals surface area contributed by atoms with Crippen LogP contribution in [0.5, 0.6) is 0 Å². The molecular weight excluding hydrogens is 681 g/mol. The summed E-state index contributed by atoms with van der Waals surface area (Å²) in [7, 11) is 0. The van der Waals surface area contributed by atoms with Gasteiger partial charge in [0.1, 0.15) is 17.0 Å². The van der Waals surface area contributed by atoms with Gasteiger partial charge in [-0.25, -0.2) is 9.98 Å². The largest absolute Gasteiger partial charge is 0.467 e. The van der Waals surface area contributed by atoms with Crippen molar-refractivity contribution in [2.24, 2.45) is 4.99 Å². The molecule has 5 nitrogen and oxygen atoms in total. The van der Waals surface area contributed by atoms with Crippen LogP contribution < -0.4 is 4.90 Å². The van der Waals surface area contributed by atoms with Crippen LogP contribution in [0, 0.1) is 6.92 Å². The van der Waals surface area contributed by atoms with E-state index in [1.54, 1.807) is 0 Å². The summed E-state index contributed by atoms with van der Waals surface area (Å²) in [5.41, 5.74) is 10.3. The Morgan fingerprint density at radius 1 is 0.685 bits per heavy atom. The molecule has 268 valence electrons. The van der Waals surface area contributed by atoms with Crippen molar-refractivity contribution in [3.8, 4) is 5.82 Å². The molecular formula is C48H44N4OS. The number of para-hydroxylation sites is 2. The van der Waals surface area contributed by atoms with Gasteiger partial charge in [0.25, 0.3) is 0 Å². The van der Waals surface area contributed by atoms with E-state index >= 15 is 0 Å². The molecule has 6 heteroatoms. The van der Waals surface area contributed by atoms with E-state index in [4.69, 9.17) is 14.7 Å². The van der Waals surface area contributed by atoms with Crippen molar-refractivity contribution in [2.75, 3.05) is 4.90 Å². The molecule has 0 unspecified atom stereocenters. The predicted octanol–water partition coefficient (Wildman–Crippen LogP) is 12.5. The van der Waals surface area contributed by atoms with Crippen LogP contribution >= 0.6 is 11.8 Å². The molecule has 0 N–H and O–H groups in total. The van der Waals surface area contributed by atoms with E-state index < -0.39 is 11.1 Å². The zero-order valence-electron chi connectivity index (χ0n) is 32.2. The van der Waals surface area contributed by atoms with Crippen molar-refractivity contribution in [3.05, 3.63) is 149 Å². The predicted molar refractivity (Wildman–Crippen MR) is 224 cm³/mol. The lowest BCUT2D eigenvalue weighted by Crippen LogP contribution is -2.51. The average Bonchev–Trinajstić information content (AvgIpc) is 3.67. The maximum atomic E-state index is 7.10. The van der Waals surface area contributed by atoms with Crippen LogP contribution in [0.15, 0.2) is 136 Å². The molecule has 2 aromatic heterocycles. The number of fused-ring (bicyclic) bond motifs is 8. The number of aliphatic imine (C=N–C) groups is 1. The molecule has 0 bridgehead atoms. The number of aryl methyl sites for hydroxylation is 1. The lowest BCUT2D eigenvalue weighted by atomic mass is 9.71. The molecule has 0 spiro atoms. The van der Waals surface area contributed by atoms with Crippen molar-refractivity contribution in [1.29, 1.82) is 0 Å². The lowest BCUT2D eigenvalue weighted by molar-refractivity contribution is -0.0136. The highest BCUT2D eigenvalue weighted by Crippen LogP contribution is 2.62. The van der Waals surface area contributed by atoms with Gasteiger partial charge in [-0.1, -0.05) is 101 Å². The fraction of sp³-hybridized carbons (Fsp3) is 0.250. The number of benzene rings is 5. The van der Waals surface area contributed by atoms with Gasteiger partial charge in [-0.3, -0.25) is 4.57 Å². The van der Waals surface area contributed by atoms with E-state index in [9.17, 15) is 0 Å². The van der Waals surface area contributed by atoms with Gasteiger partial charge >= 0.3 is 0 Å². The standard InChI is InChI=1S/C48H44N4OS/c1-29-23-30(44-50-47(7)36-17-11-10-16-35(36)46(5,6)48(47,8)53-44)25-32(24-29)51-38-19-13-14-20-41(38)54-42-27-34-33-15-9-12-18-37(33)52(39(34)28-40(42)51)43-26-31(21-22-49-43)45(2,3)4/h9-28H,1-8H3/t47-,48+/m1/s1. The Bertz CT molecular complexity index is 2750. The average molecular weight is 725 g/mol. The molecule has 54 heavy (non-hydrogen) atoms. The van der Waals surface area contributed by atoms with Gasteiger partial charge in [0.05, 0.1) is 22.4 Å². The summed E-state index contributed by atoms with van der Waals surface area (Å²) in [6, 6.07) is 42.1. The molecule has 2 atom stereocenters. The zero-order valence-corrected chi connectivity index (χ0v) is 33.0. The Morgan fingerprint density at radius 2 is 1.43 bits per heavy atom. The maximum Gasteiger partial charge on any atom is 0.217 e. The number of nitrogens with zero attached hydrogens (tertiary/aromatic N) is 4. The minimum absolute atomic E-state index is 0.00436. The van der Waals surface area contributed by atoms with Crippen molar-refractivity contribution >= 4 is 56.5 Å². The minimum Gasteiger partial charge on any atom is -0.467 e. The van der Waals surface area contributed by atoms with Crippen molar-refractivity contribution < 1.29 is 4.74 Å². The van der Waals surface area contributed by atoms with E-state index in [1.807, 2.05) is 18.0 Å². The molecule has 1 aliphatic carbocycles. The number of hydrogen-bond donors (Lipinski definition) is 0. The third-order valence-electron chi connectivity index (χ3n) is 12.6. The molecule has 0 saturated carbocycles. The monoisotopic (exact) mass is 724 g/mol. The maximum absolute atomic E-state index is 7.10. The highest BCUT2D eigenvalue weighted by atomic mass is 32.2. The number of rotatable bonds is 3. The van der Waals surface area contributed by atoms with Crippen molar-refractivity contribution in [2.45, 2.75) is 87.2 Å². The van der Waals surface area contributed by atoms with Crippen LogP contribution in [-0.2, 0) is 21.1 Å². The van der Waals surface area contributed by atoms with Crippen LogP contribution in [0.25, 0.3) is 27.6 Å². The molecule has 4 heterocycles. The summed E-state index contributed by atoms with van der Waals surface area (Å²) < 4.78 is 9.44. The first-order valence-electron chi connectivity index (χ1n) is 18.9. The number of pyridine rings is 1. The van der Waals surface area contributed by atoms with Gasteiger partial charge in [-0.05, 0) is 109 Å². The quantitative estimate of drug-likeness (QED) is 0.182. The summed E-state index contributed by atoms with van der Waals surface area (Å²) in [6.07, 6.45) is 1.95. The molecule has 0 amide bonds. The van der Waals surface area contributed by atoms with Crippen LogP contribution in [0.2, 0.25) is 0 Å². The lowest BCUT2D eigenvalue weighted by Gasteiger charge is -2.41. The van der Waals surface area contributed by atoms with E-state index in [0.717, 1.165) is 45.0 Å². The summed E-state index contributed by atoms with van der Waals surface area (Å²) in [6.45, 7) is 18.0. The zero-order chi connectivity index (χ0) is 37.4. The highest BCUT2D eigenvalue weighted by Gasteiger charge is 2.67. The molecule has 10 rings (SSSR count). The smallest absolute Gasteiger partial charge is 0.217 e. The number of ether oxygens (including phenoxy) is 1. The van der Waals surface area contributed by atoms with E-state index in [2.05, 4.69) is 180 Å². The fourth-order valence-electron chi connectivity index (χ4n) is 9.28. The van der Waals surface area contributed by atoms with Crippen LogP contribution in [0.4, 0.5) is 17.1 Å². The molecule has 3 aliphatic rings. The number of anilines is 3. The molecule has 5 aromatic carbocycles. The van der Waals surface area contributed by atoms with Gasteiger partial charge in [0.15, 0.2) is 0 Å². The molecule has 0 saturated heterocycles. The highest BCUT2D eigenvalue weighted by molar-refractivity contribution is 7.99. The van der Waals surface area contributed by atoms with Crippen LogP contribution in [0.1, 0.15) is 76.3 Å². The first-order valence-corrected chi connectivity index (χ1v) is 19.7. The van der Waals surface area contributed by atoms with Gasteiger partial charge in [-0.2, -0.15) is 0 Å². The van der Waals surface area contributed by atoms with Crippen molar-refractivity contribution in [3.63, 3.8) is 0 Å². The summed E-state index contributed by atoms with van der Waals surface area (Å²) >= 11 is 1.84. The Kier molecular flexibility index (Phi) is 6.84. The molecule has 0 fully saturated rings. The normalized spacial score (nSPS) is 21.0. The molecule has 7 aromatic rings. The Hall–Kier alpha value is -5.33. The van der Waals surface area contributed by atoms with Crippen molar-refractivity contribution in [1.82, 2.24) is 9.55 Å². The molecule has 0 radical (unpaired) electrons. The van der Waals surface area contributed by atoms with Crippen LogP contribution in [0.3, 0.4) is 0 Å². The summed E-state index contributed by atoms with van der Waals surface area (Å²) in [4.78, 5) is 15.3. The van der Waals surface area contributed by atoms with Gasteiger partial charge < -0.3 is 9.64 Å². The third-order valence-corrected chi connectivity index (χ3v) is 13.7. The minimum atomic E-state index is -0.540. The Labute approximate surface area is 321 Å². The molecule has 2 aliphatic heterocycles. The number of aromatic nitrogens is 2. The summed E-state index contributed by atoms with van der Waals surface area (Å²) in [5.74, 6) is 1.63. The van der Waals surface area contributed by atoms with Gasteiger partial charge in [0.2, 0.25) is 5.90 Å². The second-order valence-electron chi connectivity index (χ2n) is 17.1. The first-order chi connectivity index (χ1) is 25.8. The second kappa shape index (κ2) is 11.1. The van der Waals surface area contributed by atoms with E-state index in [-0.39, 0.29) is 10.8 Å². The second-order valence-corrected chi connectivity index (χ2v) is 18.2. The summed E-state index contributed by atoms with van der Waals surface area (Å²) in [5, 5.41) is 2.43. The fourth-order valence-corrected chi connectivity index (χ4v) is 10.4. The third kappa shape index (κ3) is 4.46. The Morgan fingerprint density at radius 3 is 2.24 bits per heavy atom. The topological polar surface area (TPSA) is 42.6 Å². The Balaban J connectivity index is 1.18.